The van der Waals surface area contributed by atoms with Gasteiger partial charge in [0.1, 0.15) is 0 Å². The molecule has 0 unspecified atom stereocenters. The summed E-state index contributed by atoms with van der Waals surface area (Å²) in [5.41, 5.74) is 3.57. The number of methoxy groups -OCH3 is 2. The highest BCUT2D eigenvalue weighted by Gasteiger charge is 2.10. The van der Waals surface area contributed by atoms with Gasteiger partial charge < -0.3 is 13.9 Å². The summed E-state index contributed by atoms with van der Waals surface area (Å²) in [6, 6.07) is 18.8. The summed E-state index contributed by atoms with van der Waals surface area (Å²) in [6.07, 6.45) is 4.23. The second-order valence-corrected chi connectivity index (χ2v) is 5.50. The van der Waals surface area contributed by atoms with Crippen LogP contribution < -0.4 is 9.47 Å². The second-order valence-electron chi connectivity index (χ2n) is 5.50. The average molecular weight is 303 g/mol. The molecule has 4 rings (SSSR count). The lowest BCUT2D eigenvalue weighted by Gasteiger charge is -2.10. The molecule has 2 aromatic heterocycles. The minimum Gasteiger partial charge on any atom is -0.493 e. The van der Waals surface area contributed by atoms with Crippen LogP contribution in [0.1, 0.15) is 0 Å². The lowest BCUT2D eigenvalue weighted by atomic mass is 10.1. The molecule has 0 aliphatic heterocycles. The maximum absolute atomic E-state index is 5.45. The van der Waals surface area contributed by atoms with Crippen LogP contribution in [0.25, 0.3) is 27.4 Å². The molecule has 23 heavy (non-hydrogen) atoms. The van der Waals surface area contributed by atoms with E-state index in [1.165, 1.54) is 11.1 Å². The van der Waals surface area contributed by atoms with Gasteiger partial charge in [0.2, 0.25) is 0 Å². The second kappa shape index (κ2) is 5.36. The third-order valence-electron chi connectivity index (χ3n) is 4.20. The van der Waals surface area contributed by atoms with E-state index in [0.29, 0.717) is 0 Å². The molecule has 114 valence electrons. The van der Waals surface area contributed by atoms with E-state index in [1.54, 1.807) is 14.2 Å². The van der Waals surface area contributed by atoms with Gasteiger partial charge in [0.15, 0.2) is 11.5 Å². The Morgan fingerprint density at radius 3 is 2.26 bits per heavy atom. The molecule has 4 aromatic rings. The molecule has 0 aliphatic rings. The minimum atomic E-state index is 0.746. The zero-order valence-corrected chi connectivity index (χ0v) is 13.1. The molecule has 0 N–H and O–H groups in total. The van der Waals surface area contributed by atoms with Crippen LogP contribution in [0.15, 0.2) is 67.0 Å². The van der Waals surface area contributed by atoms with Gasteiger partial charge in [0, 0.05) is 23.3 Å². The maximum Gasteiger partial charge on any atom is 0.161 e. The van der Waals surface area contributed by atoms with Gasteiger partial charge in [0.25, 0.3) is 0 Å². The number of pyridine rings is 1. The van der Waals surface area contributed by atoms with Gasteiger partial charge in [0.05, 0.1) is 19.7 Å². The molecule has 0 spiro atoms. The highest BCUT2D eigenvalue weighted by atomic mass is 16.5. The van der Waals surface area contributed by atoms with E-state index in [9.17, 15) is 0 Å². The first-order chi connectivity index (χ1) is 11.3. The molecule has 3 nitrogen and oxygen atoms in total. The van der Waals surface area contributed by atoms with E-state index < -0.39 is 0 Å². The largest absolute Gasteiger partial charge is 0.493 e. The van der Waals surface area contributed by atoms with Crippen LogP contribution in [0.4, 0.5) is 0 Å². The van der Waals surface area contributed by atoms with E-state index in [1.807, 2.05) is 18.2 Å². The van der Waals surface area contributed by atoms with Gasteiger partial charge >= 0.3 is 0 Å². The fraction of sp³-hybridized carbons (Fsp3) is 0.100. The van der Waals surface area contributed by atoms with Gasteiger partial charge in [-0.05, 0) is 35.2 Å². The number of ether oxygens (including phenoxy) is 2. The first-order valence-electron chi connectivity index (χ1n) is 7.52. The Bertz CT molecular complexity index is 987. The van der Waals surface area contributed by atoms with E-state index >= 15 is 0 Å². The molecule has 0 fully saturated rings. The van der Waals surface area contributed by atoms with Crippen molar-refractivity contribution in [3.05, 3.63) is 67.0 Å². The highest BCUT2D eigenvalue weighted by molar-refractivity contribution is 5.99. The van der Waals surface area contributed by atoms with E-state index in [2.05, 4.69) is 53.2 Å². The van der Waals surface area contributed by atoms with Crippen LogP contribution in [-0.4, -0.2) is 18.6 Å². The summed E-state index contributed by atoms with van der Waals surface area (Å²) in [4.78, 5) is 0. The summed E-state index contributed by atoms with van der Waals surface area (Å²) in [7, 11) is 3.32. The average Bonchev–Trinajstić information content (AvgIpc) is 3.06. The monoisotopic (exact) mass is 303 g/mol. The van der Waals surface area contributed by atoms with Gasteiger partial charge in [-0.25, -0.2) is 0 Å². The van der Waals surface area contributed by atoms with Crippen molar-refractivity contribution in [3.63, 3.8) is 0 Å². The summed E-state index contributed by atoms with van der Waals surface area (Å²) in [5.74, 6) is 1.50. The number of rotatable bonds is 3. The number of nitrogens with zero attached hydrogens (tertiary/aromatic N) is 1. The molecule has 3 heteroatoms. The van der Waals surface area contributed by atoms with Gasteiger partial charge in [-0.15, -0.1) is 0 Å². The van der Waals surface area contributed by atoms with Crippen LogP contribution in [0.3, 0.4) is 0 Å². The van der Waals surface area contributed by atoms with E-state index in [-0.39, 0.29) is 0 Å². The molecule has 0 saturated heterocycles. The maximum atomic E-state index is 5.45. The quantitative estimate of drug-likeness (QED) is 0.544. The van der Waals surface area contributed by atoms with Crippen LogP contribution in [0.2, 0.25) is 0 Å². The fourth-order valence-corrected chi connectivity index (χ4v) is 3.02. The van der Waals surface area contributed by atoms with E-state index in [4.69, 9.17) is 9.47 Å². The van der Waals surface area contributed by atoms with Crippen molar-refractivity contribution in [2.45, 2.75) is 0 Å². The molecule has 0 radical (unpaired) electrons. The summed E-state index contributed by atoms with van der Waals surface area (Å²) in [5, 5.41) is 2.28. The Kier molecular flexibility index (Phi) is 3.19. The lowest BCUT2D eigenvalue weighted by molar-refractivity contribution is 0.356. The molecule has 2 aromatic carbocycles. The molecular weight excluding hydrogens is 286 g/mol. The Labute approximate surface area is 134 Å². The Balaban J connectivity index is 1.99. The number of aromatic nitrogens is 1. The van der Waals surface area contributed by atoms with Crippen molar-refractivity contribution in [2.24, 2.45) is 0 Å². The third kappa shape index (κ3) is 2.21. The zero-order valence-electron chi connectivity index (χ0n) is 13.1. The Morgan fingerprint density at radius 2 is 1.52 bits per heavy atom. The summed E-state index contributed by atoms with van der Waals surface area (Å²) in [6.45, 7) is 0. The fourth-order valence-electron chi connectivity index (χ4n) is 3.02. The first-order valence-corrected chi connectivity index (χ1v) is 7.52. The van der Waals surface area contributed by atoms with Gasteiger partial charge in [-0.3, -0.25) is 0 Å². The van der Waals surface area contributed by atoms with Gasteiger partial charge in [-0.2, -0.15) is 0 Å². The standard InChI is InChI=1S/C20H17NO2/c1-22-19-11-15-8-9-21-13-16(14-6-4-3-5-7-14)10-18(21)17(15)12-20(19)23-2/h3-13H,1-2H3. The SMILES string of the molecule is COc1cc2ccn3cc(-c4ccccc4)cc3c2cc1OC. The van der Waals surface area contributed by atoms with Crippen molar-refractivity contribution in [3.8, 4) is 22.6 Å². The lowest BCUT2D eigenvalue weighted by Crippen LogP contribution is -1.91. The van der Waals surface area contributed by atoms with Gasteiger partial charge in [-0.1, -0.05) is 30.3 Å². The van der Waals surface area contributed by atoms with Crippen molar-refractivity contribution < 1.29 is 9.47 Å². The molecule has 0 aliphatic carbocycles. The molecule has 2 heterocycles. The Morgan fingerprint density at radius 1 is 0.783 bits per heavy atom. The molecule has 0 amide bonds. The third-order valence-corrected chi connectivity index (χ3v) is 4.20. The van der Waals surface area contributed by atoms with Crippen molar-refractivity contribution in [2.75, 3.05) is 14.2 Å². The summed E-state index contributed by atoms with van der Waals surface area (Å²) < 4.78 is 13.0. The van der Waals surface area contributed by atoms with Crippen molar-refractivity contribution in [1.29, 1.82) is 0 Å². The highest BCUT2D eigenvalue weighted by Crippen LogP contribution is 2.35. The molecular formula is C20H17NO2. The molecule has 0 atom stereocenters. The molecule has 0 saturated carbocycles. The summed E-state index contributed by atoms with van der Waals surface area (Å²) >= 11 is 0. The molecule has 0 bridgehead atoms. The topological polar surface area (TPSA) is 22.9 Å². The van der Waals surface area contributed by atoms with Crippen LogP contribution in [0, 0.1) is 0 Å². The smallest absolute Gasteiger partial charge is 0.161 e. The first kappa shape index (κ1) is 13.7. The number of hydrogen-bond acceptors (Lipinski definition) is 2. The number of hydrogen-bond donors (Lipinski definition) is 0. The number of fused-ring (bicyclic) bond motifs is 3. The van der Waals surface area contributed by atoms with Crippen molar-refractivity contribution in [1.82, 2.24) is 4.40 Å². The van der Waals surface area contributed by atoms with Crippen molar-refractivity contribution >= 4 is 16.3 Å². The van der Waals surface area contributed by atoms with Crippen LogP contribution >= 0.6 is 0 Å². The normalized spacial score (nSPS) is 11.0. The number of benzene rings is 2. The Hall–Kier alpha value is -2.94. The van der Waals surface area contributed by atoms with Crippen LogP contribution in [-0.2, 0) is 0 Å². The zero-order chi connectivity index (χ0) is 15.8. The minimum absolute atomic E-state index is 0.746. The predicted molar refractivity (Wildman–Crippen MR) is 93.4 cm³/mol. The van der Waals surface area contributed by atoms with E-state index in [0.717, 1.165) is 27.8 Å². The van der Waals surface area contributed by atoms with Crippen LogP contribution in [0.5, 0.6) is 11.5 Å². The predicted octanol–water partition coefficient (Wildman–Crippen LogP) is 4.78.